The molecule has 1 heterocycles. The Labute approximate surface area is 148 Å². The zero-order valence-electron chi connectivity index (χ0n) is 13.1. The molecule has 0 unspecified atom stereocenters. The van der Waals surface area contributed by atoms with E-state index >= 15 is 0 Å². The predicted molar refractivity (Wildman–Crippen MR) is 96.5 cm³/mol. The van der Waals surface area contributed by atoms with Crippen LogP contribution in [0.1, 0.15) is 0 Å². The molecule has 1 aromatic heterocycles. The number of hydrogen-bond donors (Lipinski definition) is 2. The number of benzene rings is 1. The van der Waals surface area contributed by atoms with Crippen LogP contribution in [-0.4, -0.2) is 42.3 Å². The van der Waals surface area contributed by atoms with Gasteiger partial charge in [0.1, 0.15) is 5.82 Å². The van der Waals surface area contributed by atoms with Crippen LogP contribution in [0.2, 0.25) is 0 Å². The van der Waals surface area contributed by atoms with E-state index in [4.69, 9.17) is 4.74 Å². The van der Waals surface area contributed by atoms with E-state index in [1.54, 1.807) is 13.3 Å². The Morgan fingerprint density at radius 1 is 1.35 bits per heavy atom. The summed E-state index contributed by atoms with van der Waals surface area (Å²) in [5.74, 6) is 0.785. The number of rotatable bonds is 7. The zero-order chi connectivity index (χ0) is 15.1. The molecule has 0 aliphatic heterocycles. The summed E-state index contributed by atoms with van der Waals surface area (Å²) in [4.78, 5) is 16.1. The van der Waals surface area contributed by atoms with E-state index in [1.807, 2.05) is 42.1 Å². The molecule has 6 nitrogen and oxygen atoms in total. The molecule has 128 valence electrons. The lowest BCUT2D eigenvalue weighted by Crippen LogP contribution is -2.30. The highest BCUT2D eigenvalue weighted by Gasteiger charge is 2.06. The van der Waals surface area contributed by atoms with Gasteiger partial charge in [-0.1, -0.05) is 12.1 Å². The first-order valence-electron chi connectivity index (χ1n) is 6.78. The Balaban J connectivity index is 0.00000242. The highest BCUT2D eigenvalue weighted by Crippen LogP contribution is 2.20. The van der Waals surface area contributed by atoms with Crippen molar-refractivity contribution in [2.24, 2.45) is 7.05 Å². The number of aromatic nitrogens is 2. The molecule has 1 aromatic carbocycles. The summed E-state index contributed by atoms with van der Waals surface area (Å²) >= 11 is 0. The maximum Gasteiger partial charge on any atom is 0.238 e. The molecule has 0 aliphatic carbocycles. The molecule has 2 N–H and O–H groups in total. The second-order valence-corrected chi connectivity index (χ2v) is 4.66. The van der Waals surface area contributed by atoms with Gasteiger partial charge in [-0.2, -0.15) is 0 Å². The lowest BCUT2D eigenvalue weighted by Gasteiger charge is -2.08. The largest absolute Gasteiger partial charge is 0.383 e. The molecule has 0 fully saturated rings. The van der Waals surface area contributed by atoms with Crippen LogP contribution in [0.5, 0.6) is 0 Å². The highest BCUT2D eigenvalue weighted by atomic mass is 35.5. The van der Waals surface area contributed by atoms with Crippen LogP contribution in [0.4, 0.5) is 5.69 Å². The van der Waals surface area contributed by atoms with Gasteiger partial charge in [0.15, 0.2) is 0 Å². The van der Waals surface area contributed by atoms with Crippen molar-refractivity contribution in [2.45, 2.75) is 0 Å². The average Bonchev–Trinajstić information content (AvgIpc) is 2.90. The molecule has 0 saturated heterocycles. The molecule has 2 aromatic rings. The van der Waals surface area contributed by atoms with E-state index in [0.717, 1.165) is 17.1 Å². The van der Waals surface area contributed by atoms with Crippen LogP contribution >= 0.6 is 24.8 Å². The number of carbonyl (C=O) groups excluding carboxylic acids is 1. The maximum absolute atomic E-state index is 11.8. The third kappa shape index (κ3) is 6.58. The molecule has 23 heavy (non-hydrogen) atoms. The number of nitrogens with one attached hydrogen (secondary N) is 2. The van der Waals surface area contributed by atoms with Crippen LogP contribution < -0.4 is 10.6 Å². The van der Waals surface area contributed by atoms with E-state index in [-0.39, 0.29) is 37.3 Å². The molecular weight excluding hydrogens is 339 g/mol. The minimum absolute atomic E-state index is 0. The first-order chi connectivity index (χ1) is 10.2. The van der Waals surface area contributed by atoms with Crippen LogP contribution in [0.15, 0.2) is 36.7 Å². The van der Waals surface area contributed by atoms with Crippen molar-refractivity contribution in [3.8, 4) is 11.4 Å². The monoisotopic (exact) mass is 360 g/mol. The van der Waals surface area contributed by atoms with Crippen molar-refractivity contribution in [2.75, 3.05) is 32.1 Å². The summed E-state index contributed by atoms with van der Waals surface area (Å²) in [5, 5.41) is 5.87. The minimum atomic E-state index is -0.0805. The van der Waals surface area contributed by atoms with Crippen molar-refractivity contribution in [3.63, 3.8) is 0 Å². The number of imidazole rings is 1. The molecule has 0 aliphatic rings. The standard InChI is InChI=1S/C15H20N4O2.2ClH/c1-19-8-6-17-15(19)12-4-3-5-13(10-12)18-14(20)11-16-7-9-21-2;;/h3-6,8,10,16H,7,9,11H2,1-2H3,(H,18,20);2*1H. The molecule has 0 saturated carbocycles. The lowest BCUT2D eigenvalue weighted by molar-refractivity contribution is -0.115. The molecule has 1 amide bonds. The van der Waals surface area contributed by atoms with Gasteiger partial charge in [0.05, 0.1) is 13.2 Å². The van der Waals surface area contributed by atoms with E-state index < -0.39 is 0 Å². The van der Waals surface area contributed by atoms with Crippen molar-refractivity contribution < 1.29 is 9.53 Å². The smallest absolute Gasteiger partial charge is 0.238 e. The van der Waals surface area contributed by atoms with Gasteiger partial charge in [-0.15, -0.1) is 24.8 Å². The van der Waals surface area contributed by atoms with Crippen molar-refractivity contribution in [1.29, 1.82) is 0 Å². The number of anilines is 1. The maximum atomic E-state index is 11.8. The minimum Gasteiger partial charge on any atom is -0.383 e. The third-order valence-corrected chi connectivity index (χ3v) is 2.99. The number of amides is 1. The van der Waals surface area contributed by atoms with Crippen LogP contribution in [0, 0.1) is 0 Å². The Morgan fingerprint density at radius 3 is 2.78 bits per heavy atom. The summed E-state index contributed by atoms with van der Waals surface area (Å²) in [6, 6.07) is 7.64. The van der Waals surface area contributed by atoms with Gasteiger partial charge in [-0.3, -0.25) is 4.79 Å². The van der Waals surface area contributed by atoms with Gasteiger partial charge in [0, 0.05) is 44.3 Å². The summed E-state index contributed by atoms with van der Waals surface area (Å²) in [6.45, 7) is 1.50. The van der Waals surface area contributed by atoms with Gasteiger partial charge >= 0.3 is 0 Å². The number of aryl methyl sites for hydroxylation is 1. The Morgan fingerprint density at radius 2 is 2.13 bits per heavy atom. The van der Waals surface area contributed by atoms with Gasteiger partial charge in [0.2, 0.25) is 5.91 Å². The first-order valence-corrected chi connectivity index (χ1v) is 6.78. The SMILES string of the molecule is COCCNCC(=O)Nc1cccc(-c2nccn2C)c1.Cl.Cl. The average molecular weight is 361 g/mol. The molecule has 0 atom stereocenters. The van der Waals surface area contributed by atoms with Gasteiger partial charge in [-0.25, -0.2) is 4.98 Å². The fraction of sp³-hybridized carbons (Fsp3) is 0.333. The van der Waals surface area contributed by atoms with E-state index in [2.05, 4.69) is 15.6 Å². The summed E-state index contributed by atoms with van der Waals surface area (Å²) in [7, 11) is 3.57. The normalized spacial score (nSPS) is 9.65. The number of hydrogen-bond acceptors (Lipinski definition) is 4. The second kappa shape index (κ2) is 11.0. The number of halogens is 2. The summed E-state index contributed by atoms with van der Waals surface area (Å²) in [5.41, 5.74) is 1.72. The molecule has 0 spiro atoms. The molecule has 0 bridgehead atoms. The molecule has 0 radical (unpaired) electrons. The number of nitrogens with zero attached hydrogens (tertiary/aromatic N) is 2. The van der Waals surface area contributed by atoms with Crippen molar-refractivity contribution in [3.05, 3.63) is 36.7 Å². The summed E-state index contributed by atoms with van der Waals surface area (Å²) < 4.78 is 6.84. The Hall–Kier alpha value is -1.60. The molecule has 8 heteroatoms. The quantitative estimate of drug-likeness (QED) is 0.742. The zero-order valence-corrected chi connectivity index (χ0v) is 14.7. The van der Waals surface area contributed by atoms with E-state index in [0.29, 0.717) is 13.2 Å². The van der Waals surface area contributed by atoms with Crippen molar-refractivity contribution >= 4 is 36.4 Å². The third-order valence-electron chi connectivity index (χ3n) is 2.99. The van der Waals surface area contributed by atoms with Crippen LogP contribution in [-0.2, 0) is 16.6 Å². The first kappa shape index (κ1) is 21.4. The predicted octanol–water partition coefficient (Wildman–Crippen LogP) is 2.11. The number of methoxy groups -OCH3 is 1. The van der Waals surface area contributed by atoms with Gasteiger partial charge in [0.25, 0.3) is 0 Å². The fourth-order valence-electron chi connectivity index (χ4n) is 1.96. The Bertz CT molecular complexity index is 605. The fourth-order valence-corrected chi connectivity index (χ4v) is 1.96. The Kier molecular flexibility index (Phi) is 10.2. The number of ether oxygens (including phenoxy) is 1. The van der Waals surface area contributed by atoms with E-state index in [9.17, 15) is 4.79 Å². The van der Waals surface area contributed by atoms with Gasteiger partial charge in [-0.05, 0) is 12.1 Å². The molecule has 2 rings (SSSR count). The summed E-state index contributed by atoms with van der Waals surface area (Å²) in [6.07, 6.45) is 3.64. The van der Waals surface area contributed by atoms with Crippen molar-refractivity contribution in [1.82, 2.24) is 14.9 Å². The molecular formula is C15H22Cl2N4O2. The van der Waals surface area contributed by atoms with Crippen LogP contribution in [0.25, 0.3) is 11.4 Å². The highest BCUT2D eigenvalue weighted by molar-refractivity contribution is 5.92. The number of carbonyl (C=O) groups is 1. The van der Waals surface area contributed by atoms with Crippen LogP contribution in [0.3, 0.4) is 0 Å². The van der Waals surface area contributed by atoms with E-state index in [1.165, 1.54) is 0 Å². The van der Waals surface area contributed by atoms with Gasteiger partial charge < -0.3 is 19.9 Å². The topological polar surface area (TPSA) is 68.2 Å². The second-order valence-electron chi connectivity index (χ2n) is 4.66. The lowest BCUT2D eigenvalue weighted by atomic mass is 10.2.